The van der Waals surface area contributed by atoms with E-state index in [4.69, 9.17) is 18.9 Å². The maximum Gasteiger partial charge on any atom is 0.338 e. The topological polar surface area (TPSA) is 88.4 Å². The van der Waals surface area contributed by atoms with E-state index in [1.54, 1.807) is 43.7 Å². The Kier molecular flexibility index (Phi) is 8.35. The first-order chi connectivity index (χ1) is 19.9. The Morgan fingerprint density at radius 3 is 2.44 bits per heavy atom. The molecule has 0 fully saturated rings. The van der Waals surface area contributed by atoms with Gasteiger partial charge in [0.1, 0.15) is 12.4 Å². The first-order valence-electron chi connectivity index (χ1n) is 13.1. The number of carbonyl (C=O) groups is 1. The molecule has 210 valence electrons. The van der Waals surface area contributed by atoms with Gasteiger partial charge in [-0.25, -0.2) is 9.79 Å². The average Bonchev–Trinajstić information content (AvgIpc) is 3.30. The van der Waals surface area contributed by atoms with Crippen LogP contribution in [0.25, 0.3) is 6.08 Å². The summed E-state index contributed by atoms with van der Waals surface area (Å²) in [5.41, 5.74) is 2.98. The van der Waals surface area contributed by atoms with Crippen LogP contribution in [-0.4, -0.2) is 31.4 Å². The third-order valence-corrected chi connectivity index (χ3v) is 7.67. The second-order valence-electron chi connectivity index (χ2n) is 9.23. The van der Waals surface area contributed by atoms with Crippen LogP contribution in [0.2, 0.25) is 0 Å². The SMILES string of the molecule is CCOC(=O)C1=C(C)N=c2s/c(=C\c3ccccc3OCc3ccccc3)c(=O)n2[C@H]1c1ccc(OC)c(OC)c1. The molecule has 0 spiro atoms. The molecule has 8 nitrogen and oxygen atoms in total. The Hall–Kier alpha value is -4.63. The maximum atomic E-state index is 14.0. The van der Waals surface area contributed by atoms with Crippen LogP contribution >= 0.6 is 11.3 Å². The van der Waals surface area contributed by atoms with Gasteiger partial charge in [0.2, 0.25) is 0 Å². The number of hydrogen-bond donors (Lipinski definition) is 0. The van der Waals surface area contributed by atoms with E-state index in [1.165, 1.54) is 18.4 Å². The number of fused-ring (bicyclic) bond motifs is 1. The molecule has 0 radical (unpaired) electrons. The van der Waals surface area contributed by atoms with Crippen LogP contribution in [0.15, 0.2) is 93.9 Å². The summed E-state index contributed by atoms with van der Waals surface area (Å²) in [5, 5.41) is 0. The molecule has 0 N–H and O–H groups in total. The molecule has 1 atom stereocenters. The van der Waals surface area contributed by atoms with Crippen LogP contribution in [0.3, 0.4) is 0 Å². The molecular formula is C32H30N2O6S. The van der Waals surface area contributed by atoms with Crippen molar-refractivity contribution in [3.8, 4) is 17.2 Å². The molecule has 1 aromatic heterocycles. The zero-order valence-corrected chi connectivity index (χ0v) is 24.1. The van der Waals surface area contributed by atoms with Gasteiger partial charge in [-0.3, -0.25) is 9.36 Å². The molecule has 3 aromatic carbocycles. The summed E-state index contributed by atoms with van der Waals surface area (Å²) in [7, 11) is 3.09. The number of ether oxygens (including phenoxy) is 4. The number of thiazole rings is 1. The summed E-state index contributed by atoms with van der Waals surface area (Å²) < 4.78 is 24.4. The minimum absolute atomic E-state index is 0.193. The first kappa shape index (κ1) is 27.9. The fourth-order valence-electron chi connectivity index (χ4n) is 4.74. The van der Waals surface area contributed by atoms with E-state index in [2.05, 4.69) is 4.99 Å². The van der Waals surface area contributed by atoms with Crippen LogP contribution in [-0.2, 0) is 16.1 Å². The molecule has 0 saturated heterocycles. The quantitative estimate of drug-likeness (QED) is 0.277. The smallest absolute Gasteiger partial charge is 0.338 e. The highest BCUT2D eigenvalue weighted by Crippen LogP contribution is 2.36. The predicted octanol–water partition coefficient (Wildman–Crippen LogP) is 4.39. The number of esters is 1. The standard InChI is InChI=1S/C32H30N2O6S/c1-5-39-31(36)28-20(2)33-32-34(29(28)23-15-16-25(37-3)26(17-23)38-4)30(35)27(41-32)18-22-13-9-10-14-24(22)40-19-21-11-7-6-8-12-21/h6-18,29H,5,19H2,1-4H3/b27-18-/t29-/m0/s1. The number of aromatic nitrogens is 1. The number of rotatable bonds is 9. The van der Waals surface area contributed by atoms with Crippen LogP contribution in [0, 0.1) is 0 Å². The van der Waals surface area contributed by atoms with Crippen molar-refractivity contribution in [2.75, 3.05) is 20.8 Å². The van der Waals surface area contributed by atoms with E-state index in [9.17, 15) is 9.59 Å². The van der Waals surface area contributed by atoms with Gasteiger partial charge in [0, 0.05) is 5.56 Å². The molecule has 1 aliphatic heterocycles. The third kappa shape index (κ3) is 5.67. The molecule has 5 rings (SSSR count). The Morgan fingerprint density at radius 1 is 0.976 bits per heavy atom. The first-order valence-corrected chi connectivity index (χ1v) is 13.9. The zero-order chi connectivity index (χ0) is 28.9. The van der Waals surface area contributed by atoms with E-state index in [0.717, 1.165) is 11.1 Å². The lowest BCUT2D eigenvalue weighted by Crippen LogP contribution is -2.40. The van der Waals surface area contributed by atoms with E-state index in [1.807, 2.05) is 60.7 Å². The maximum absolute atomic E-state index is 14.0. The lowest BCUT2D eigenvalue weighted by molar-refractivity contribution is -0.139. The fourth-order valence-corrected chi connectivity index (χ4v) is 5.78. The number of para-hydroxylation sites is 1. The molecule has 41 heavy (non-hydrogen) atoms. The molecule has 0 aliphatic carbocycles. The number of benzene rings is 3. The van der Waals surface area contributed by atoms with Crippen LogP contribution in [0.5, 0.6) is 17.2 Å². The molecule has 0 unspecified atom stereocenters. The van der Waals surface area contributed by atoms with Crippen molar-refractivity contribution in [3.63, 3.8) is 0 Å². The second kappa shape index (κ2) is 12.3. The summed E-state index contributed by atoms with van der Waals surface area (Å²) in [6.45, 7) is 4.09. The highest BCUT2D eigenvalue weighted by Gasteiger charge is 2.34. The minimum atomic E-state index is -0.767. The molecular weight excluding hydrogens is 540 g/mol. The fraction of sp³-hybridized carbons (Fsp3) is 0.219. The van der Waals surface area contributed by atoms with Gasteiger partial charge in [0.15, 0.2) is 16.3 Å². The monoisotopic (exact) mass is 570 g/mol. The number of hydrogen-bond acceptors (Lipinski definition) is 8. The van der Waals surface area contributed by atoms with Gasteiger partial charge in [0.25, 0.3) is 5.56 Å². The number of allylic oxidation sites excluding steroid dienone is 1. The zero-order valence-electron chi connectivity index (χ0n) is 23.2. The number of methoxy groups -OCH3 is 2. The van der Waals surface area contributed by atoms with Gasteiger partial charge in [-0.1, -0.05) is 65.9 Å². The molecule has 0 saturated carbocycles. The summed E-state index contributed by atoms with van der Waals surface area (Å²) in [6, 6.07) is 22.0. The lowest BCUT2D eigenvalue weighted by Gasteiger charge is -2.25. The van der Waals surface area contributed by atoms with Gasteiger partial charge in [-0.05, 0) is 49.2 Å². The van der Waals surface area contributed by atoms with Gasteiger partial charge >= 0.3 is 5.97 Å². The minimum Gasteiger partial charge on any atom is -0.493 e. The van der Waals surface area contributed by atoms with Crippen molar-refractivity contribution in [1.29, 1.82) is 0 Å². The summed E-state index contributed by atoms with van der Waals surface area (Å²) >= 11 is 1.26. The number of nitrogens with zero attached hydrogens (tertiary/aromatic N) is 2. The Balaban J connectivity index is 1.63. The Morgan fingerprint density at radius 2 is 1.71 bits per heavy atom. The highest BCUT2D eigenvalue weighted by atomic mass is 32.1. The van der Waals surface area contributed by atoms with Crippen molar-refractivity contribution in [2.45, 2.75) is 26.5 Å². The van der Waals surface area contributed by atoms with Gasteiger partial charge in [-0.2, -0.15) is 0 Å². The largest absolute Gasteiger partial charge is 0.493 e. The van der Waals surface area contributed by atoms with Crippen molar-refractivity contribution in [2.24, 2.45) is 4.99 Å². The lowest BCUT2D eigenvalue weighted by atomic mass is 9.95. The van der Waals surface area contributed by atoms with Crippen molar-refractivity contribution in [3.05, 3.63) is 120 Å². The van der Waals surface area contributed by atoms with Gasteiger partial charge in [0.05, 0.1) is 42.7 Å². The van der Waals surface area contributed by atoms with Crippen molar-refractivity contribution in [1.82, 2.24) is 4.57 Å². The number of carbonyl (C=O) groups excluding carboxylic acids is 1. The van der Waals surface area contributed by atoms with Crippen LogP contribution in [0.4, 0.5) is 0 Å². The normalized spacial score (nSPS) is 14.7. The van der Waals surface area contributed by atoms with Gasteiger partial charge < -0.3 is 18.9 Å². The van der Waals surface area contributed by atoms with Crippen LogP contribution in [0.1, 0.15) is 36.6 Å². The molecule has 1 aliphatic rings. The Bertz CT molecular complexity index is 1790. The Labute approximate surface area is 241 Å². The predicted molar refractivity (Wildman–Crippen MR) is 157 cm³/mol. The van der Waals surface area contributed by atoms with E-state index >= 15 is 0 Å². The van der Waals surface area contributed by atoms with E-state index in [0.29, 0.717) is 50.0 Å². The highest BCUT2D eigenvalue weighted by molar-refractivity contribution is 7.07. The van der Waals surface area contributed by atoms with Gasteiger partial charge in [-0.15, -0.1) is 0 Å². The molecule has 2 heterocycles. The van der Waals surface area contributed by atoms with E-state index in [-0.39, 0.29) is 12.2 Å². The van der Waals surface area contributed by atoms with Crippen molar-refractivity contribution >= 4 is 23.4 Å². The summed E-state index contributed by atoms with van der Waals surface area (Å²) in [4.78, 5) is 32.3. The summed E-state index contributed by atoms with van der Waals surface area (Å²) in [6.07, 6.45) is 1.80. The van der Waals surface area contributed by atoms with Crippen molar-refractivity contribution < 1.29 is 23.7 Å². The third-order valence-electron chi connectivity index (χ3n) is 6.68. The molecule has 0 amide bonds. The second-order valence-corrected chi connectivity index (χ2v) is 10.2. The van der Waals surface area contributed by atoms with Crippen LogP contribution < -0.4 is 29.1 Å². The summed E-state index contributed by atoms with van der Waals surface area (Å²) in [5.74, 6) is 1.15. The molecule has 9 heteroatoms. The van der Waals surface area contributed by atoms with E-state index < -0.39 is 12.0 Å². The molecule has 4 aromatic rings. The molecule has 0 bridgehead atoms. The average molecular weight is 571 g/mol.